The predicted molar refractivity (Wildman–Crippen MR) is 92.3 cm³/mol. The molecule has 0 amide bonds. The number of benzene rings is 2. The smallest absolute Gasteiger partial charge is 0.175 e. The third kappa shape index (κ3) is 3.15. The van der Waals surface area contributed by atoms with Crippen LogP contribution in [0.3, 0.4) is 0 Å². The van der Waals surface area contributed by atoms with E-state index in [1.165, 1.54) is 11.8 Å². The molecular formula is C17H15NO2S2. The number of methoxy groups -OCH3 is 1. The lowest BCUT2D eigenvalue weighted by atomic mass is 10.1. The van der Waals surface area contributed by atoms with Crippen molar-refractivity contribution in [3.05, 3.63) is 54.1 Å². The van der Waals surface area contributed by atoms with E-state index in [0.717, 1.165) is 20.3 Å². The van der Waals surface area contributed by atoms with Gasteiger partial charge in [-0.2, -0.15) is 0 Å². The molecule has 5 heteroatoms. The van der Waals surface area contributed by atoms with Gasteiger partial charge in [-0.3, -0.25) is 4.79 Å². The van der Waals surface area contributed by atoms with Crippen LogP contribution in [0.2, 0.25) is 0 Å². The first-order chi connectivity index (χ1) is 10.7. The van der Waals surface area contributed by atoms with Crippen molar-refractivity contribution in [3.63, 3.8) is 0 Å². The van der Waals surface area contributed by atoms with Crippen molar-refractivity contribution in [2.24, 2.45) is 0 Å². The molecule has 2 aromatic carbocycles. The summed E-state index contributed by atoms with van der Waals surface area (Å²) in [4.78, 5) is 17.0. The normalized spacial score (nSPS) is 12.3. The average Bonchev–Trinajstić information content (AvgIpc) is 2.96. The zero-order chi connectivity index (χ0) is 15.5. The Morgan fingerprint density at radius 3 is 2.59 bits per heavy atom. The van der Waals surface area contributed by atoms with Gasteiger partial charge in [0.25, 0.3) is 0 Å². The van der Waals surface area contributed by atoms with Gasteiger partial charge in [-0.25, -0.2) is 4.98 Å². The maximum atomic E-state index is 12.5. The lowest BCUT2D eigenvalue weighted by Crippen LogP contribution is -2.13. The molecule has 1 unspecified atom stereocenters. The first-order valence-corrected chi connectivity index (χ1v) is 8.57. The number of hydrogen-bond donors (Lipinski definition) is 0. The van der Waals surface area contributed by atoms with Gasteiger partial charge in [-0.1, -0.05) is 23.9 Å². The zero-order valence-electron chi connectivity index (χ0n) is 12.3. The number of para-hydroxylation sites is 1. The number of rotatable bonds is 5. The Labute approximate surface area is 137 Å². The molecule has 0 N–H and O–H groups in total. The highest BCUT2D eigenvalue weighted by molar-refractivity contribution is 8.02. The van der Waals surface area contributed by atoms with Crippen molar-refractivity contribution in [2.75, 3.05) is 7.11 Å². The standard InChI is InChI=1S/C17H15NO2S2/c1-11(16(19)12-7-9-13(20-2)10-8-12)21-17-18-14-5-3-4-6-15(14)22-17/h3-11H,1-2H3. The summed E-state index contributed by atoms with van der Waals surface area (Å²) in [7, 11) is 1.61. The molecule has 22 heavy (non-hydrogen) atoms. The Kier molecular flexibility index (Phi) is 4.45. The molecule has 0 radical (unpaired) electrons. The predicted octanol–water partition coefficient (Wildman–Crippen LogP) is 4.67. The SMILES string of the molecule is COc1ccc(C(=O)C(C)Sc2nc3ccccc3s2)cc1. The van der Waals surface area contributed by atoms with Crippen molar-refractivity contribution in [1.29, 1.82) is 0 Å². The van der Waals surface area contributed by atoms with Gasteiger partial charge in [0.1, 0.15) is 5.75 Å². The van der Waals surface area contributed by atoms with Crippen molar-refractivity contribution >= 4 is 39.1 Å². The van der Waals surface area contributed by atoms with Crippen LogP contribution in [0.5, 0.6) is 5.75 Å². The van der Waals surface area contributed by atoms with Gasteiger partial charge >= 0.3 is 0 Å². The number of nitrogens with zero attached hydrogens (tertiary/aromatic N) is 1. The Morgan fingerprint density at radius 1 is 1.18 bits per heavy atom. The molecule has 0 saturated carbocycles. The van der Waals surface area contributed by atoms with Gasteiger partial charge in [0, 0.05) is 5.56 Å². The van der Waals surface area contributed by atoms with Crippen molar-refractivity contribution < 1.29 is 9.53 Å². The molecule has 0 fully saturated rings. The van der Waals surface area contributed by atoms with Crippen LogP contribution in [-0.4, -0.2) is 23.1 Å². The number of ether oxygens (including phenoxy) is 1. The number of thiazole rings is 1. The zero-order valence-corrected chi connectivity index (χ0v) is 13.9. The molecule has 0 aliphatic heterocycles. The topological polar surface area (TPSA) is 39.2 Å². The summed E-state index contributed by atoms with van der Waals surface area (Å²) < 4.78 is 7.19. The van der Waals surface area contributed by atoms with E-state index in [0.29, 0.717) is 5.56 Å². The van der Waals surface area contributed by atoms with E-state index in [1.807, 2.05) is 43.3 Å². The minimum absolute atomic E-state index is 0.104. The number of Topliss-reactive ketones (excluding diaryl/α,β-unsaturated/α-hetero) is 1. The molecule has 1 aromatic heterocycles. The highest BCUT2D eigenvalue weighted by Gasteiger charge is 2.18. The molecule has 112 valence electrons. The number of hydrogen-bond acceptors (Lipinski definition) is 5. The maximum Gasteiger partial charge on any atom is 0.175 e. The van der Waals surface area contributed by atoms with E-state index in [1.54, 1.807) is 30.6 Å². The molecule has 3 aromatic rings. The number of ketones is 1. The van der Waals surface area contributed by atoms with Gasteiger partial charge in [-0.05, 0) is 43.3 Å². The Bertz CT molecular complexity index is 763. The summed E-state index contributed by atoms with van der Waals surface area (Å²) >= 11 is 3.13. The number of fused-ring (bicyclic) bond motifs is 1. The first-order valence-electron chi connectivity index (χ1n) is 6.88. The van der Waals surface area contributed by atoms with E-state index in [-0.39, 0.29) is 11.0 Å². The summed E-state index contributed by atoms with van der Waals surface area (Å²) in [5, 5.41) is -0.172. The molecule has 3 rings (SSSR count). The van der Waals surface area contributed by atoms with Crippen molar-refractivity contribution in [3.8, 4) is 5.75 Å². The van der Waals surface area contributed by atoms with Crippen LogP contribution >= 0.6 is 23.1 Å². The van der Waals surface area contributed by atoms with E-state index < -0.39 is 0 Å². The first kappa shape index (κ1) is 15.1. The summed E-state index contributed by atoms with van der Waals surface area (Å²) in [5.41, 5.74) is 1.68. The summed E-state index contributed by atoms with van der Waals surface area (Å²) in [6.07, 6.45) is 0. The fourth-order valence-electron chi connectivity index (χ4n) is 2.10. The Balaban J connectivity index is 1.74. The van der Waals surface area contributed by atoms with Crippen molar-refractivity contribution in [1.82, 2.24) is 4.98 Å². The van der Waals surface area contributed by atoms with Gasteiger partial charge in [0.05, 0.1) is 22.6 Å². The highest BCUT2D eigenvalue weighted by Crippen LogP contribution is 2.33. The third-order valence-corrected chi connectivity index (χ3v) is 5.53. The lowest BCUT2D eigenvalue weighted by molar-refractivity contribution is 0.0994. The molecule has 1 atom stereocenters. The second-order valence-corrected chi connectivity index (χ2v) is 7.42. The van der Waals surface area contributed by atoms with Crippen LogP contribution in [0, 0.1) is 0 Å². The van der Waals surface area contributed by atoms with Crippen molar-refractivity contribution in [2.45, 2.75) is 16.5 Å². The fraction of sp³-hybridized carbons (Fsp3) is 0.176. The summed E-state index contributed by atoms with van der Waals surface area (Å²) in [6, 6.07) is 15.2. The van der Waals surface area contributed by atoms with Crippen LogP contribution < -0.4 is 4.74 Å². The van der Waals surface area contributed by atoms with Gasteiger partial charge < -0.3 is 4.74 Å². The molecule has 0 bridgehead atoms. The minimum Gasteiger partial charge on any atom is -0.497 e. The van der Waals surface area contributed by atoms with Gasteiger partial charge in [0.15, 0.2) is 10.1 Å². The highest BCUT2D eigenvalue weighted by atomic mass is 32.2. The molecule has 1 heterocycles. The van der Waals surface area contributed by atoms with Gasteiger partial charge in [-0.15, -0.1) is 11.3 Å². The molecule has 0 aliphatic rings. The Hall–Kier alpha value is -1.85. The monoisotopic (exact) mass is 329 g/mol. The number of aromatic nitrogens is 1. The second-order valence-electron chi connectivity index (χ2n) is 4.80. The quantitative estimate of drug-likeness (QED) is 0.504. The van der Waals surface area contributed by atoms with Gasteiger partial charge in [0.2, 0.25) is 0 Å². The number of carbonyl (C=O) groups excluding carboxylic acids is 1. The molecule has 0 saturated heterocycles. The lowest BCUT2D eigenvalue weighted by Gasteiger charge is -2.08. The van der Waals surface area contributed by atoms with E-state index in [2.05, 4.69) is 4.98 Å². The van der Waals surface area contributed by atoms with Crippen LogP contribution in [-0.2, 0) is 0 Å². The molecule has 3 nitrogen and oxygen atoms in total. The molecular weight excluding hydrogens is 314 g/mol. The fourth-order valence-corrected chi connectivity index (χ4v) is 4.38. The van der Waals surface area contributed by atoms with Crippen LogP contribution in [0.1, 0.15) is 17.3 Å². The maximum absolute atomic E-state index is 12.5. The summed E-state index contributed by atoms with van der Waals surface area (Å²) in [5.74, 6) is 0.856. The van der Waals surface area contributed by atoms with E-state index >= 15 is 0 Å². The number of thioether (sulfide) groups is 1. The molecule has 0 spiro atoms. The van der Waals surface area contributed by atoms with E-state index in [4.69, 9.17) is 4.74 Å². The molecule has 0 aliphatic carbocycles. The Morgan fingerprint density at radius 2 is 1.91 bits per heavy atom. The second kappa shape index (κ2) is 6.50. The average molecular weight is 329 g/mol. The van der Waals surface area contributed by atoms with Crippen LogP contribution in [0.4, 0.5) is 0 Å². The van der Waals surface area contributed by atoms with E-state index in [9.17, 15) is 4.79 Å². The van der Waals surface area contributed by atoms with Crippen LogP contribution in [0.25, 0.3) is 10.2 Å². The number of carbonyl (C=O) groups is 1. The third-order valence-electron chi connectivity index (χ3n) is 3.30. The van der Waals surface area contributed by atoms with Crippen LogP contribution in [0.15, 0.2) is 52.9 Å². The summed E-state index contributed by atoms with van der Waals surface area (Å²) in [6.45, 7) is 1.92. The minimum atomic E-state index is -0.172. The largest absolute Gasteiger partial charge is 0.497 e.